The number of ketones is 1. The summed E-state index contributed by atoms with van der Waals surface area (Å²) in [7, 11) is 0. The van der Waals surface area contributed by atoms with Gasteiger partial charge in [-0.25, -0.2) is 8.78 Å². The summed E-state index contributed by atoms with van der Waals surface area (Å²) in [6.07, 6.45) is 2.22. The summed E-state index contributed by atoms with van der Waals surface area (Å²) >= 11 is 0. The van der Waals surface area contributed by atoms with Crippen molar-refractivity contribution < 1.29 is 18.3 Å². The average molecular weight is 269 g/mol. The van der Waals surface area contributed by atoms with Gasteiger partial charge in [0.05, 0.1) is 6.61 Å². The minimum atomic E-state index is -0.944. The van der Waals surface area contributed by atoms with E-state index >= 15 is 0 Å². The summed E-state index contributed by atoms with van der Waals surface area (Å²) in [4.78, 5) is 11.9. The van der Waals surface area contributed by atoms with Gasteiger partial charge in [0, 0.05) is 24.9 Å². The Kier molecular flexibility index (Phi) is 4.85. The molecule has 5 heteroatoms. The van der Waals surface area contributed by atoms with E-state index in [9.17, 15) is 13.6 Å². The standard InChI is InChI=1S/C14H17F2NO2/c15-12-4-3-11(8-13(12)16)19-7-5-14(18)10-2-1-6-17-9-10/h3-4,8,10,17H,1-2,5-7,9H2. The van der Waals surface area contributed by atoms with Gasteiger partial charge in [-0.05, 0) is 31.5 Å². The lowest BCUT2D eigenvalue weighted by atomic mass is 9.94. The van der Waals surface area contributed by atoms with E-state index in [1.807, 2.05) is 0 Å². The Morgan fingerprint density at radius 2 is 2.21 bits per heavy atom. The number of carbonyl (C=O) groups is 1. The topological polar surface area (TPSA) is 38.3 Å². The summed E-state index contributed by atoms with van der Waals surface area (Å²) in [5, 5.41) is 3.18. The molecule has 0 spiro atoms. The van der Waals surface area contributed by atoms with E-state index in [2.05, 4.69) is 5.32 Å². The molecule has 1 saturated heterocycles. The molecule has 104 valence electrons. The van der Waals surface area contributed by atoms with E-state index in [4.69, 9.17) is 4.74 Å². The average Bonchev–Trinajstić information content (AvgIpc) is 2.43. The van der Waals surface area contributed by atoms with Gasteiger partial charge in [-0.15, -0.1) is 0 Å². The van der Waals surface area contributed by atoms with Crippen LogP contribution in [0.15, 0.2) is 18.2 Å². The maximum Gasteiger partial charge on any atom is 0.162 e. The second-order valence-electron chi connectivity index (χ2n) is 4.68. The highest BCUT2D eigenvalue weighted by molar-refractivity contribution is 5.81. The van der Waals surface area contributed by atoms with Crippen LogP contribution >= 0.6 is 0 Å². The monoisotopic (exact) mass is 269 g/mol. The van der Waals surface area contributed by atoms with Crippen molar-refractivity contribution in [1.29, 1.82) is 0 Å². The Morgan fingerprint density at radius 3 is 2.89 bits per heavy atom. The first-order valence-corrected chi connectivity index (χ1v) is 6.48. The van der Waals surface area contributed by atoms with Crippen molar-refractivity contribution in [2.45, 2.75) is 19.3 Å². The van der Waals surface area contributed by atoms with Crippen LogP contribution in [0.1, 0.15) is 19.3 Å². The Labute approximate surface area is 111 Å². The highest BCUT2D eigenvalue weighted by atomic mass is 19.2. The van der Waals surface area contributed by atoms with E-state index in [0.29, 0.717) is 6.42 Å². The van der Waals surface area contributed by atoms with Crippen LogP contribution in [0.2, 0.25) is 0 Å². The minimum Gasteiger partial charge on any atom is -0.493 e. The first-order valence-electron chi connectivity index (χ1n) is 6.48. The van der Waals surface area contributed by atoms with Crippen molar-refractivity contribution in [3.8, 4) is 5.75 Å². The molecule has 1 atom stereocenters. The van der Waals surface area contributed by atoms with Gasteiger partial charge >= 0.3 is 0 Å². The number of nitrogens with one attached hydrogen (secondary N) is 1. The number of hydrogen-bond donors (Lipinski definition) is 1. The zero-order valence-electron chi connectivity index (χ0n) is 10.6. The third kappa shape index (κ3) is 3.99. The van der Waals surface area contributed by atoms with Crippen LogP contribution in [0.25, 0.3) is 0 Å². The van der Waals surface area contributed by atoms with Gasteiger partial charge in [-0.1, -0.05) is 0 Å². The molecule has 3 nitrogen and oxygen atoms in total. The van der Waals surface area contributed by atoms with Crippen molar-refractivity contribution in [3.63, 3.8) is 0 Å². The number of Topliss-reactive ketones (excluding diaryl/α,β-unsaturated/α-hetero) is 1. The van der Waals surface area contributed by atoms with Gasteiger partial charge in [0.15, 0.2) is 11.6 Å². The number of carbonyl (C=O) groups excluding carboxylic acids is 1. The van der Waals surface area contributed by atoms with Crippen molar-refractivity contribution in [2.75, 3.05) is 19.7 Å². The van der Waals surface area contributed by atoms with Crippen molar-refractivity contribution in [2.24, 2.45) is 5.92 Å². The quantitative estimate of drug-likeness (QED) is 0.891. The van der Waals surface area contributed by atoms with Gasteiger partial charge in [-0.3, -0.25) is 4.79 Å². The molecular weight excluding hydrogens is 252 g/mol. The van der Waals surface area contributed by atoms with Crippen molar-refractivity contribution in [3.05, 3.63) is 29.8 Å². The lowest BCUT2D eigenvalue weighted by molar-refractivity contribution is -0.123. The highest BCUT2D eigenvalue weighted by Gasteiger charge is 2.20. The van der Waals surface area contributed by atoms with Crippen molar-refractivity contribution in [1.82, 2.24) is 5.32 Å². The molecule has 1 aliphatic rings. The second-order valence-corrected chi connectivity index (χ2v) is 4.68. The molecule has 1 unspecified atom stereocenters. The first kappa shape index (κ1) is 13.9. The summed E-state index contributed by atoms with van der Waals surface area (Å²) in [5.41, 5.74) is 0. The van der Waals surface area contributed by atoms with Crippen LogP contribution in [0.3, 0.4) is 0 Å². The molecule has 0 saturated carbocycles. The molecule has 1 aromatic carbocycles. The lowest BCUT2D eigenvalue weighted by Gasteiger charge is -2.21. The molecule has 19 heavy (non-hydrogen) atoms. The molecule has 0 radical (unpaired) electrons. The van der Waals surface area contributed by atoms with E-state index in [-0.39, 0.29) is 24.1 Å². The number of hydrogen-bond acceptors (Lipinski definition) is 3. The predicted octanol–water partition coefficient (Wildman–Crippen LogP) is 2.30. The zero-order valence-corrected chi connectivity index (χ0v) is 10.6. The molecule has 0 aromatic heterocycles. The second kappa shape index (κ2) is 6.61. The zero-order chi connectivity index (χ0) is 13.7. The highest BCUT2D eigenvalue weighted by Crippen LogP contribution is 2.17. The maximum absolute atomic E-state index is 12.9. The van der Waals surface area contributed by atoms with Gasteiger partial charge in [0.1, 0.15) is 11.5 Å². The number of halogens is 2. The Bertz CT molecular complexity index is 445. The predicted molar refractivity (Wildman–Crippen MR) is 67.1 cm³/mol. The SMILES string of the molecule is O=C(CCOc1ccc(F)c(F)c1)C1CCCNC1. The maximum atomic E-state index is 12.9. The number of benzene rings is 1. The van der Waals surface area contributed by atoms with Gasteiger partial charge in [-0.2, -0.15) is 0 Å². The van der Waals surface area contributed by atoms with E-state index in [1.54, 1.807) is 0 Å². The summed E-state index contributed by atoms with van der Waals surface area (Å²) < 4.78 is 30.9. The number of piperidine rings is 1. The van der Waals surface area contributed by atoms with Crippen LogP contribution in [-0.4, -0.2) is 25.5 Å². The molecule has 2 rings (SSSR count). The molecule has 1 aliphatic heterocycles. The first-order chi connectivity index (χ1) is 9.16. The molecule has 0 aliphatic carbocycles. The molecule has 1 aromatic rings. The Morgan fingerprint density at radius 1 is 1.37 bits per heavy atom. The molecule has 0 amide bonds. The third-order valence-corrected chi connectivity index (χ3v) is 3.26. The fourth-order valence-electron chi connectivity index (χ4n) is 2.17. The largest absolute Gasteiger partial charge is 0.493 e. The fraction of sp³-hybridized carbons (Fsp3) is 0.500. The molecule has 1 N–H and O–H groups in total. The van der Waals surface area contributed by atoms with Gasteiger partial charge in [0.25, 0.3) is 0 Å². The smallest absolute Gasteiger partial charge is 0.162 e. The van der Waals surface area contributed by atoms with Crippen LogP contribution in [0.4, 0.5) is 8.78 Å². The Hall–Kier alpha value is -1.49. The minimum absolute atomic E-state index is 0.0577. The number of rotatable bonds is 5. The lowest BCUT2D eigenvalue weighted by Crippen LogP contribution is -2.34. The summed E-state index contributed by atoms with van der Waals surface area (Å²) in [6.45, 7) is 1.89. The Balaban J connectivity index is 1.76. The van der Waals surface area contributed by atoms with Crippen LogP contribution in [0.5, 0.6) is 5.75 Å². The normalized spacial score (nSPS) is 19.2. The number of ether oxygens (including phenoxy) is 1. The van der Waals surface area contributed by atoms with Gasteiger partial charge in [0.2, 0.25) is 0 Å². The summed E-state index contributed by atoms with van der Waals surface area (Å²) in [5.74, 6) is -1.39. The fourth-order valence-corrected chi connectivity index (χ4v) is 2.17. The summed E-state index contributed by atoms with van der Waals surface area (Å²) in [6, 6.07) is 3.35. The van der Waals surface area contributed by atoms with Crippen LogP contribution in [0, 0.1) is 17.6 Å². The van der Waals surface area contributed by atoms with E-state index in [1.165, 1.54) is 6.07 Å². The van der Waals surface area contributed by atoms with Crippen LogP contribution in [-0.2, 0) is 4.79 Å². The van der Waals surface area contributed by atoms with Gasteiger partial charge < -0.3 is 10.1 Å². The van der Waals surface area contributed by atoms with E-state index in [0.717, 1.165) is 38.1 Å². The third-order valence-electron chi connectivity index (χ3n) is 3.26. The molecule has 1 heterocycles. The van der Waals surface area contributed by atoms with Crippen molar-refractivity contribution >= 4 is 5.78 Å². The molecular formula is C14H17F2NO2. The van der Waals surface area contributed by atoms with E-state index < -0.39 is 11.6 Å². The molecule has 1 fully saturated rings. The molecule has 0 bridgehead atoms. The van der Waals surface area contributed by atoms with Crippen LogP contribution < -0.4 is 10.1 Å².